The van der Waals surface area contributed by atoms with Gasteiger partial charge in [-0.2, -0.15) is 0 Å². The summed E-state index contributed by atoms with van der Waals surface area (Å²) in [7, 11) is 0. The zero-order valence-corrected chi connectivity index (χ0v) is 12.3. The summed E-state index contributed by atoms with van der Waals surface area (Å²) in [4.78, 5) is 11.8. The summed E-state index contributed by atoms with van der Waals surface area (Å²) in [6.07, 6.45) is 7.21. The Morgan fingerprint density at radius 2 is 2.26 bits per heavy atom. The van der Waals surface area contributed by atoms with Crippen LogP contribution in [0.4, 0.5) is 0 Å². The van der Waals surface area contributed by atoms with Crippen LogP contribution < -0.4 is 11.1 Å². The van der Waals surface area contributed by atoms with Gasteiger partial charge in [0.05, 0.1) is 0 Å². The van der Waals surface area contributed by atoms with Crippen LogP contribution >= 0.6 is 0 Å². The van der Waals surface area contributed by atoms with Crippen molar-refractivity contribution in [3.05, 3.63) is 0 Å². The van der Waals surface area contributed by atoms with Gasteiger partial charge in [-0.15, -0.1) is 0 Å². The minimum Gasteiger partial charge on any atom is -0.381 e. The molecule has 1 aliphatic heterocycles. The fourth-order valence-corrected chi connectivity index (χ4v) is 2.73. The molecule has 0 spiro atoms. The first-order valence-corrected chi connectivity index (χ1v) is 7.80. The van der Waals surface area contributed by atoms with Gasteiger partial charge in [-0.25, -0.2) is 0 Å². The van der Waals surface area contributed by atoms with Gasteiger partial charge < -0.3 is 15.8 Å². The maximum Gasteiger partial charge on any atom is 0.220 e. The predicted octanol–water partition coefficient (Wildman–Crippen LogP) is 2.07. The Kier molecular flexibility index (Phi) is 8.84. The average molecular weight is 270 g/mol. The number of nitrogens with two attached hydrogens (primary N) is 1. The molecule has 1 saturated heterocycles. The smallest absolute Gasteiger partial charge is 0.220 e. The van der Waals surface area contributed by atoms with E-state index in [1.54, 1.807) is 0 Å². The molecule has 0 aliphatic carbocycles. The number of nitrogens with one attached hydrogen (secondary N) is 1. The van der Waals surface area contributed by atoms with Crippen molar-refractivity contribution in [3.63, 3.8) is 0 Å². The minimum atomic E-state index is 0.192. The molecule has 0 aromatic carbocycles. The molecule has 112 valence electrons. The molecule has 0 aromatic rings. The van der Waals surface area contributed by atoms with Gasteiger partial charge in [0.15, 0.2) is 0 Å². The van der Waals surface area contributed by atoms with Crippen molar-refractivity contribution >= 4 is 5.91 Å². The summed E-state index contributed by atoms with van der Waals surface area (Å²) in [5.74, 6) is 1.45. The lowest BCUT2D eigenvalue weighted by Gasteiger charge is -2.15. The Balaban J connectivity index is 2.05. The number of carbonyl (C=O) groups is 1. The Bertz CT molecular complexity index is 234. The van der Waals surface area contributed by atoms with Crippen molar-refractivity contribution in [2.45, 2.75) is 51.9 Å². The fourth-order valence-electron chi connectivity index (χ4n) is 2.73. The molecule has 2 unspecified atom stereocenters. The summed E-state index contributed by atoms with van der Waals surface area (Å²) in [6, 6.07) is 0. The van der Waals surface area contributed by atoms with Crippen molar-refractivity contribution < 1.29 is 9.53 Å². The highest BCUT2D eigenvalue weighted by Gasteiger charge is 2.15. The number of rotatable bonds is 10. The minimum absolute atomic E-state index is 0.192. The first-order chi connectivity index (χ1) is 9.26. The first-order valence-electron chi connectivity index (χ1n) is 7.80. The highest BCUT2D eigenvalue weighted by atomic mass is 16.5. The van der Waals surface area contributed by atoms with Crippen LogP contribution in [0.25, 0.3) is 0 Å². The van der Waals surface area contributed by atoms with E-state index in [9.17, 15) is 4.79 Å². The van der Waals surface area contributed by atoms with E-state index in [-0.39, 0.29) is 5.91 Å². The van der Waals surface area contributed by atoms with Crippen LogP contribution in [0.15, 0.2) is 0 Å². The fraction of sp³-hybridized carbons (Fsp3) is 0.933. The lowest BCUT2D eigenvalue weighted by Crippen LogP contribution is -2.26. The zero-order valence-electron chi connectivity index (χ0n) is 12.3. The van der Waals surface area contributed by atoms with Crippen LogP contribution in [-0.2, 0) is 9.53 Å². The third-order valence-electron chi connectivity index (χ3n) is 3.95. The van der Waals surface area contributed by atoms with Crippen LogP contribution in [0.3, 0.4) is 0 Å². The molecule has 0 radical (unpaired) electrons. The van der Waals surface area contributed by atoms with Crippen molar-refractivity contribution in [2.75, 3.05) is 26.3 Å². The first kappa shape index (κ1) is 16.4. The standard InChI is InChI=1S/C15H30N2O2/c1-2-3-13(6-9-16)4-5-15(18)17-10-7-14-8-11-19-12-14/h13-14H,2-12,16H2,1H3,(H,17,18). The van der Waals surface area contributed by atoms with Gasteiger partial charge in [0.1, 0.15) is 0 Å². The molecule has 4 nitrogen and oxygen atoms in total. The highest BCUT2D eigenvalue weighted by molar-refractivity contribution is 5.75. The number of hydrogen-bond donors (Lipinski definition) is 2. The van der Waals surface area contributed by atoms with Gasteiger partial charge in [-0.1, -0.05) is 19.8 Å². The monoisotopic (exact) mass is 270 g/mol. The lowest BCUT2D eigenvalue weighted by atomic mass is 9.94. The van der Waals surface area contributed by atoms with E-state index in [4.69, 9.17) is 10.5 Å². The molecule has 1 rings (SSSR count). The Labute approximate surface area is 117 Å². The quantitative estimate of drug-likeness (QED) is 0.639. The second-order valence-corrected chi connectivity index (χ2v) is 5.64. The van der Waals surface area contributed by atoms with E-state index in [2.05, 4.69) is 12.2 Å². The van der Waals surface area contributed by atoms with Crippen LogP contribution in [0.1, 0.15) is 51.9 Å². The zero-order chi connectivity index (χ0) is 13.9. The number of amides is 1. The van der Waals surface area contributed by atoms with Gasteiger partial charge in [-0.05, 0) is 44.1 Å². The molecule has 1 aliphatic rings. The van der Waals surface area contributed by atoms with Gasteiger partial charge in [-0.3, -0.25) is 4.79 Å². The van der Waals surface area contributed by atoms with E-state index in [1.165, 1.54) is 12.8 Å². The molecule has 3 N–H and O–H groups in total. The third-order valence-corrected chi connectivity index (χ3v) is 3.95. The van der Waals surface area contributed by atoms with E-state index in [1.807, 2.05) is 0 Å². The molecular weight excluding hydrogens is 240 g/mol. The van der Waals surface area contributed by atoms with Crippen molar-refractivity contribution in [1.29, 1.82) is 0 Å². The Morgan fingerprint density at radius 1 is 1.42 bits per heavy atom. The van der Waals surface area contributed by atoms with Crippen LogP contribution in [0.2, 0.25) is 0 Å². The number of ether oxygens (including phenoxy) is 1. The summed E-state index contributed by atoms with van der Waals surface area (Å²) < 4.78 is 5.32. The molecule has 1 amide bonds. The van der Waals surface area contributed by atoms with E-state index in [0.717, 1.165) is 52.0 Å². The van der Waals surface area contributed by atoms with Crippen molar-refractivity contribution in [2.24, 2.45) is 17.6 Å². The molecule has 4 heteroatoms. The molecule has 0 bridgehead atoms. The van der Waals surface area contributed by atoms with Crippen molar-refractivity contribution in [3.8, 4) is 0 Å². The number of carbonyl (C=O) groups excluding carboxylic acids is 1. The maximum absolute atomic E-state index is 11.8. The van der Waals surface area contributed by atoms with Gasteiger partial charge in [0, 0.05) is 26.2 Å². The molecule has 19 heavy (non-hydrogen) atoms. The molecule has 0 aromatic heterocycles. The molecule has 1 heterocycles. The maximum atomic E-state index is 11.8. The van der Waals surface area contributed by atoms with Crippen LogP contribution in [0.5, 0.6) is 0 Å². The second kappa shape index (κ2) is 10.2. The van der Waals surface area contributed by atoms with E-state index in [0.29, 0.717) is 18.3 Å². The summed E-state index contributed by atoms with van der Waals surface area (Å²) in [6.45, 7) is 5.46. The van der Waals surface area contributed by atoms with Crippen molar-refractivity contribution in [1.82, 2.24) is 5.32 Å². The number of hydrogen-bond acceptors (Lipinski definition) is 3. The predicted molar refractivity (Wildman–Crippen MR) is 77.9 cm³/mol. The van der Waals surface area contributed by atoms with E-state index >= 15 is 0 Å². The van der Waals surface area contributed by atoms with Gasteiger partial charge >= 0.3 is 0 Å². The summed E-state index contributed by atoms with van der Waals surface area (Å²) in [5, 5.41) is 3.02. The van der Waals surface area contributed by atoms with Gasteiger partial charge in [0.2, 0.25) is 5.91 Å². The normalized spacial score (nSPS) is 20.4. The molecule has 1 fully saturated rings. The Hall–Kier alpha value is -0.610. The largest absolute Gasteiger partial charge is 0.381 e. The molecule has 0 saturated carbocycles. The average Bonchev–Trinajstić information content (AvgIpc) is 2.90. The lowest BCUT2D eigenvalue weighted by molar-refractivity contribution is -0.121. The van der Waals surface area contributed by atoms with Crippen LogP contribution in [0, 0.1) is 11.8 Å². The summed E-state index contributed by atoms with van der Waals surface area (Å²) in [5.41, 5.74) is 5.60. The second-order valence-electron chi connectivity index (χ2n) is 5.64. The van der Waals surface area contributed by atoms with E-state index < -0.39 is 0 Å². The van der Waals surface area contributed by atoms with Gasteiger partial charge in [0.25, 0.3) is 0 Å². The third kappa shape index (κ3) is 7.53. The summed E-state index contributed by atoms with van der Waals surface area (Å²) >= 11 is 0. The molecular formula is C15H30N2O2. The topological polar surface area (TPSA) is 64.4 Å². The van der Waals surface area contributed by atoms with Crippen LogP contribution in [-0.4, -0.2) is 32.2 Å². The SMILES string of the molecule is CCCC(CCN)CCC(=O)NCCC1CCOC1. The Morgan fingerprint density at radius 3 is 2.89 bits per heavy atom. The molecule has 2 atom stereocenters. The highest BCUT2D eigenvalue weighted by Crippen LogP contribution is 2.17.